The molecular formula is C17H34N2. The van der Waals surface area contributed by atoms with Crippen LogP contribution in [0.2, 0.25) is 0 Å². The zero-order valence-corrected chi connectivity index (χ0v) is 13.3. The highest BCUT2D eigenvalue weighted by atomic mass is 15.2. The highest BCUT2D eigenvalue weighted by Crippen LogP contribution is 2.29. The van der Waals surface area contributed by atoms with Crippen LogP contribution in [0.25, 0.3) is 0 Å². The fourth-order valence-electron chi connectivity index (χ4n) is 3.71. The molecule has 2 aliphatic rings. The minimum absolute atomic E-state index is 0.782. The number of piperidine rings is 1. The summed E-state index contributed by atoms with van der Waals surface area (Å²) in [6, 6.07) is 0.917. The van der Waals surface area contributed by atoms with E-state index in [1.54, 1.807) is 0 Å². The van der Waals surface area contributed by atoms with E-state index in [1.807, 2.05) is 0 Å². The molecule has 0 amide bonds. The maximum absolute atomic E-state index is 3.64. The minimum atomic E-state index is 0.782. The van der Waals surface area contributed by atoms with Gasteiger partial charge in [-0.2, -0.15) is 0 Å². The summed E-state index contributed by atoms with van der Waals surface area (Å²) in [4.78, 5) is 2.80. The first-order valence-electron chi connectivity index (χ1n) is 8.60. The second-order valence-electron chi connectivity index (χ2n) is 7.45. The van der Waals surface area contributed by atoms with Crippen molar-refractivity contribution < 1.29 is 0 Å². The van der Waals surface area contributed by atoms with Gasteiger partial charge in [0.25, 0.3) is 0 Å². The van der Waals surface area contributed by atoms with Crippen molar-refractivity contribution in [1.82, 2.24) is 10.2 Å². The molecule has 1 aliphatic carbocycles. The molecule has 2 rings (SSSR count). The Hall–Kier alpha value is -0.0800. The van der Waals surface area contributed by atoms with Gasteiger partial charge in [-0.1, -0.05) is 20.8 Å². The van der Waals surface area contributed by atoms with Gasteiger partial charge in [0.2, 0.25) is 0 Å². The summed E-state index contributed by atoms with van der Waals surface area (Å²) in [5.41, 5.74) is 0. The van der Waals surface area contributed by atoms with Crippen LogP contribution in [0.5, 0.6) is 0 Å². The monoisotopic (exact) mass is 266 g/mol. The van der Waals surface area contributed by atoms with Gasteiger partial charge in [0.15, 0.2) is 0 Å². The van der Waals surface area contributed by atoms with Gasteiger partial charge in [-0.05, 0) is 82.5 Å². The van der Waals surface area contributed by atoms with Gasteiger partial charge in [-0.25, -0.2) is 0 Å². The maximum atomic E-state index is 3.64. The van der Waals surface area contributed by atoms with Crippen LogP contribution >= 0.6 is 0 Å². The van der Waals surface area contributed by atoms with Crippen molar-refractivity contribution in [3.05, 3.63) is 0 Å². The molecule has 0 atom stereocenters. The first kappa shape index (κ1) is 15.3. The molecule has 0 aromatic heterocycles. The lowest BCUT2D eigenvalue weighted by molar-refractivity contribution is 0.0962. The quantitative estimate of drug-likeness (QED) is 0.819. The topological polar surface area (TPSA) is 15.3 Å². The summed E-state index contributed by atoms with van der Waals surface area (Å²) in [5, 5.41) is 3.64. The van der Waals surface area contributed by atoms with E-state index in [2.05, 4.69) is 31.0 Å². The maximum Gasteiger partial charge on any atom is 0.00954 e. The van der Waals surface area contributed by atoms with Gasteiger partial charge in [-0.3, -0.25) is 0 Å². The first-order valence-corrected chi connectivity index (χ1v) is 8.60. The van der Waals surface area contributed by atoms with Crippen LogP contribution in [0.15, 0.2) is 0 Å². The van der Waals surface area contributed by atoms with Crippen molar-refractivity contribution in [3.63, 3.8) is 0 Å². The zero-order chi connectivity index (χ0) is 13.7. The highest BCUT2D eigenvalue weighted by molar-refractivity contribution is 4.82. The molecule has 19 heavy (non-hydrogen) atoms. The normalized spacial score (nSPS) is 30.9. The van der Waals surface area contributed by atoms with E-state index < -0.39 is 0 Å². The molecular weight excluding hydrogens is 232 g/mol. The Morgan fingerprint density at radius 3 is 2.21 bits per heavy atom. The third-order valence-electron chi connectivity index (χ3n) is 5.14. The van der Waals surface area contributed by atoms with Crippen LogP contribution in [-0.2, 0) is 0 Å². The molecule has 2 nitrogen and oxygen atoms in total. The van der Waals surface area contributed by atoms with E-state index in [0.717, 1.165) is 23.8 Å². The van der Waals surface area contributed by atoms with Gasteiger partial charge < -0.3 is 10.2 Å². The van der Waals surface area contributed by atoms with Crippen LogP contribution in [0.4, 0.5) is 0 Å². The fraction of sp³-hybridized carbons (Fsp3) is 1.00. The predicted octanol–water partition coefficient (Wildman–Crippen LogP) is 3.52. The molecule has 0 unspecified atom stereocenters. The van der Waals surface area contributed by atoms with E-state index in [0.29, 0.717) is 0 Å². The molecule has 1 saturated carbocycles. The number of nitrogens with zero attached hydrogens (tertiary/aromatic N) is 1. The van der Waals surface area contributed by atoms with Crippen molar-refractivity contribution in [1.29, 1.82) is 0 Å². The van der Waals surface area contributed by atoms with E-state index in [1.165, 1.54) is 64.7 Å². The second kappa shape index (κ2) is 7.64. The molecule has 0 bridgehead atoms. The van der Waals surface area contributed by atoms with E-state index in [9.17, 15) is 0 Å². The van der Waals surface area contributed by atoms with Gasteiger partial charge in [0.1, 0.15) is 0 Å². The molecule has 2 heteroatoms. The Morgan fingerprint density at radius 2 is 1.63 bits per heavy atom. The lowest BCUT2D eigenvalue weighted by atomic mass is 9.85. The van der Waals surface area contributed by atoms with Crippen molar-refractivity contribution in [2.75, 3.05) is 26.2 Å². The van der Waals surface area contributed by atoms with Gasteiger partial charge in [0, 0.05) is 6.04 Å². The second-order valence-corrected chi connectivity index (χ2v) is 7.45. The average Bonchev–Trinajstić information content (AvgIpc) is 2.40. The van der Waals surface area contributed by atoms with Crippen molar-refractivity contribution in [2.45, 2.75) is 65.3 Å². The largest absolute Gasteiger partial charge is 0.316 e. The van der Waals surface area contributed by atoms with Crippen LogP contribution < -0.4 is 5.32 Å². The lowest BCUT2D eigenvalue weighted by Gasteiger charge is -2.40. The van der Waals surface area contributed by atoms with Crippen molar-refractivity contribution >= 4 is 0 Å². The molecule has 1 aliphatic heterocycles. The van der Waals surface area contributed by atoms with E-state index >= 15 is 0 Å². The molecule has 2 fully saturated rings. The van der Waals surface area contributed by atoms with E-state index in [4.69, 9.17) is 0 Å². The van der Waals surface area contributed by atoms with Crippen molar-refractivity contribution in [3.8, 4) is 0 Å². The van der Waals surface area contributed by atoms with Crippen LogP contribution in [0.1, 0.15) is 59.3 Å². The summed E-state index contributed by atoms with van der Waals surface area (Å²) in [6.07, 6.45) is 8.66. The van der Waals surface area contributed by atoms with Crippen LogP contribution in [0, 0.1) is 17.8 Å². The minimum Gasteiger partial charge on any atom is -0.316 e. The molecule has 0 aromatic rings. The standard InChI is InChI=1S/C17H34N2/c1-14(2)12-18-13-16-8-10-19(11-9-16)17-6-4-15(3)5-7-17/h14-18H,4-13H2,1-3H3. The Morgan fingerprint density at radius 1 is 1.00 bits per heavy atom. The Kier molecular flexibility index (Phi) is 6.15. The van der Waals surface area contributed by atoms with Crippen LogP contribution in [-0.4, -0.2) is 37.1 Å². The fourth-order valence-corrected chi connectivity index (χ4v) is 3.71. The Balaban J connectivity index is 1.62. The number of likely N-dealkylation sites (tertiary alicyclic amines) is 1. The summed E-state index contributed by atoms with van der Waals surface area (Å²) >= 11 is 0. The van der Waals surface area contributed by atoms with Gasteiger partial charge >= 0.3 is 0 Å². The number of nitrogens with one attached hydrogen (secondary N) is 1. The molecule has 0 radical (unpaired) electrons. The van der Waals surface area contributed by atoms with Crippen LogP contribution in [0.3, 0.4) is 0 Å². The molecule has 1 saturated heterocycles. The zero-order valence-electron chi connectivity index (χ0n) is 13.3. The Bertz CT molecular complexity index is 236. The third kappa shape index (κ3) is 5.07. The highest BCUT2D eigenvalue weighted by Gasteiger charge is 2.27. The molecule has 1 heterocycles. The van der Waals surface area contributed by atoms with Crippen molar-refractivity contribution in [2.24, 2.45) is 17.8 Å². The Labute approximate surface area is 120 Å². The summed E-state index contributed by atoms with van der Waals surface area (Å²) in [6.45, 7) is 12.1. The summed E-state index contributed by atoms with van der Waals surface area (Å²) in [5.74, 6) is 2.69. The smallest absolute Gasteiger partial charge is 0.00954 e. The summed E-state index contributed by atoms with van der Waals surface area (Å²) < 4.78 is 0. The lowest BCUT2D eigenvalue weighted by Crippen LogP contribution is -2.44. The third-order valence-corrected chi connectivity index (χ3v) is 5.14. The molecule has 0 spiro atoms. The van der Waals surface area contributed by atoms with E-state index in [-0.39, 0.29) is 0 Å². The predicted molar refractivity (Wildman–Crippen MR) is 83.4 cm³/mol. The average molecular weight is 266 g/mol. The molecule has 1 N–H and O–H groups in total. The SMILES string of the molecule is CC(C)CNCC1CCN(C2CCC(C)CC2)CC1. The number of rotatable bonds is 5. The number of hydrogen-bond acceptors (Lipinski definition) is 2. The number of hydrogen-bond donors (Lipinski definition) is 1. The van der Waals surface area contributed by atoms with Gasteiger partial charge in [0.05, 0.1) is 0 Å². The summed E-state index contributed by atoms with van der Waals surface area (Å²) in [7, 11) is 0. The van der Waals surface area contributed by atoms with Gasteiger partial charge in [-0.15, -0.1) is 0 Å². The first-order chi connectivity index (χ1) is 9.15. The molecule has 0 aromatic carbocycles. The molecule has 112 valence electrons.